The normalized spacial score (nSPS) is 11.6. The lowest BCUT2D eigenvalue weighted by Crippen LogP contribution is -2.12. The molecule has 0 saturated heterocycles. The lowest BCUT2D eigenvalue weighted by atomic mass is 10.2. The molecule has 0 bridgehead atoms. The molecule has 0 aromatic heterocycles. The molecule has 0 aliphatic heterocycles. The van der Waals surface area contributed by atoms with Crippen molar-refractivity contribution in [3.63, 3.8) is 0 Å². The van der Waals surface area contributed by atoms with Gasteiger partial charge < -0.3 is 0 Å². The van der Waals surface area contributed by atoms with Crippen LogP contribution in [0.1, 0.15) is 5.56 Å². The van der Waals surface area contributed by atoms with Crippen LogP contribution < -0.4 is 10.6 Å². The number of nitro benzene ring substituents is 1. The Balaban J connectivity index is 2.33. The molecule has 0 unspecified atom stereocenters. The zero-order valence-corrected chi connectivity index (χ0v) is 13.4. The van der Waals surface area contributed by atoms with Crippen molar-refractivity contribution in [3.8, 4) is 0 Å². The zero-order valence-electron chi connectivity index (χ0n) is 11.8. The maximum atomic E-state index is 13.6. The van der Waals surface area contributed by atoms with Crippen molar-refractivity contribution < 1.29 is 17.7 Å². The molecule has 126 valence electrons. The average molecular weight is 373 g/mol. The number of sulfonamides is 1. The summed E-state index contributed by atoms with van der Waals surface area (Å²) in [4.78, 5) is 9.82. The molecule has 11 heteroatoms. The monoisotopic (exact) mass is 372 g/mol. The van der Waals surface area contributed by atoms with Crippen molar-refractivity contribution in [1.29, 1.82) is 0 Å². The minimum absolute atomic E-state index is 0.00419. The summed E-state index contributed by atoms with van der Waals surface area (Å²) in [5, 5.41) is 19.8. The van der Waals surface area contributed by atoms with E-state index in [0.29, 0.717) is 0 Å². The lowest BCUT2D eigenvalue weighted by Gasteiger charge is -2.04. The van der Waals surface area contributed by atoms with E-state index in [1.54, 1.807) is 0 Å². The van der Waals surface area contributed by atoms with E-state index >= 15 is 0 Å². The fraction of sp³-hybridized carbons (Fsp3) is 0. The van der Waals surface area contributed by atoms with E-state index in [0.717, 1.165) is 24.4 Å². The Kier molecular flexibility index (Phi) is 5.12. The fourth-order valence-corrected chi connectivity index (χ4v) is 2.48. The van der Waals surface area contributed by atoms with Crippen LogP contribution in [0.3, 0.4) is 0 Å². The number of nitrogens with one attached hydrogen (secondary N) is 1. The number of hydrogen-bond acceptors (Lipinski definition) is 6. The van der Waals surface area contributed by atoms with Gasteiger partial charge in [-0.1, -0.05) is 17.7 Å². The summed E-state index contributed by atoms with van der Waals surface area (Å²) in [7, 11) is -4.09. The van der Waals surface area contributed by atoms with E-state index in [2.05, 4.69) is 10.5 Å². The van der Waals surface area contributed by atoms with E-state index in [1.807, 2.05) is 0 Å². The summed E-state index contributed by atoms with van der Waals surface area (Å²) in [5.41, 5.74) is 1.68. The SMILES string of the molecule is NS(=O)(=O)c1ccc(N/N=C/c2c(F)cccc2Cl)c([N+](=O)[O-])c1. The number of nitrogens with zero attached hydrogens (tertiary/aromatic N) is 2. The number of hydrogen-bond donors (Lipinski definition) is 2. The first-order valence-corrected chi connectivity index (χ1v) is 8.17. The second-order valence-corrected chi connectivity index (χ2v) is 6.46. The number of nitro groups is 1. The fourth-order valence-electron chi connectivity index (χ4n) is 1.73. The number of benzene rings is 2. The van der Waals surface area contributed by atoms with Crippen LogP contribution in [-0.2, 0) is 10.0 Å². The van der Waals surface area contributed by atoms with Crippen molar-refractivity contribution in [2.24, 2.45) is 10.2 Å². The van der Waals surface area contributed by atoms with Gasteiger partial charge in [0.15, 0.2) is 0 Å². The van der Waals surface area contributed by atoms with Gasteiger partial charge in [0.25, 0.3) is 5.69 Å². The van der Waals surface area contributed by atoms with Crippen LogP contribution in [0.5, 0.6) is 0 Å². The highest BCUT2D eigenvalue weighted by Crippen LogP contribution is 2.27. The van der Waals surface area contributed by atoms with Crippen molar-refractivity contribution in [1.82, 2.24) is 0 Å². The first kappa shape index (κ1) is 17.8. The molecule has 8 nitrogen and oxygen atoms in total. The minimum atomic E-state index is -4.09. The third kappa shape index (κ3) is 4.04. The van der Waals surface area contributed by atoms with Crippen LogP contribution in [0.4, 0.5) is 15.8 Å². The van der Waals surface area contributed by atoms with Gasteiger partial charge in [-0.25, -0.2) is 17.9 Å². The Hall–Kier alpha value is -2.56. The van der Waals surface area contributed by atoms with Gasteiger partial charge in [-0.3, -0.25) is 15.5 Å². The van der Waals surface area contributed by atoms with Crippen LogP contribution in [0.2, 0.25) is 5.02 Å². The molecule has 0 radical (unpaired) electrons. The number of hydrazone groups is 1. The summed E-state index contributed by atoms with van der Waals surface area (Å²) < 4.78 is 36.1. The average Bonchev–Trinajstić information content (AvgIpc) is 2.49. The van der Waals surface area contributed by atoms with Crippen LogP contribution in [0.15, 0.2) is 46.4 Å². The molecule has 2 rings (SSSR count). The topological polar surface area (TPSA) is 128 Å². The van der Waals surface area contributed by atoms with Crippen molar-refractivity contribution in [2.45, 2.75) is 4.90 Å². The molecule has 0 fully saturated rings. The standard InChI is InChI=1S/C13H10ClFN4O4S/c14-10-2-1-3-11(15)9(10)7-17-18-12-5-4-8(24(16,22)23)6-13(12)19(20)21/h1-7,18H,(H2,16,22,23)/b17-7+. The molecule has 0 aliphatic rings. The predicted molar refractivity (Wildman–Crippen MR) is 87.1 cm³/mol. The summed E-state index contributed by atoms with van der Waals surface area (Å²) in [6, 6.07) is 7.04. The Morgan fingerprint density at radius 1 is 1.33 bits per heavy atom. The van der Waals surface area contributed by atoms with Gasteiger partial charge in [0.2, 0.25) is 10.0 Å². The van der Waals surface area contributed by atoms with E-state index in [1.165, 1.54) is 18.2 Å². The van der Waals surface area contributed by atoms with Gasteiger partial charge in [0, 0.05) is 11.6 Å². The molecule has 0 atom stereocenters. The highest BCUT2D eigenvalue weighted by molar-refractivity contribution is 7.89. The second-order valence-electron chi connectivity index (χ2n) is 4.49. The molecule has 0 amide bonds. The quantitative estimate of drug-likeness (QED) is 0.473. The van der Waals surface area contributed by atoms with Gasteiger partial charge in [-0.2, -0.15) is 5.10 Å². The van der Waals surface area contributed by atoms with Gasteiger partial charge in [0.1, 0.15) is 11.5 Å². The third-order valence-corrected chi connectivity index (χ3v) is 4.11. The van der Waals surface area contributed by atoms with Crippen LogP contribution in [-0.4, -0.2) is 19.6 Å². The summed E-state index contributed by atoms with van der Waals surface area (Å²) >= 11 is 5.82. The van der Waals surface area contributed by atoms with Crippen LogP contribution in [0, 0.1) is 15.9 Å². The summed E-state index contributed by atoms with van der Waals surface area (Å²) in [6.07, 6.45) is 1.05. The number of rotatable bonds is 5. The molecule has 0 spiro atoms. The van der Waals surface area contributed by atoms with Crippen molar-refractivity contribution in [2.75, 3.05) is 5.43 Å². The van der Waals surface area contributed by atoms with E-state index in [9.17, 15) is 22.9 Å². The minimum Gasteiger partial charge on any atom is -0.272 e. The first-order chi connectivity index (χ1) is 11.2. The van der Waals surface area contributed by atoms with Crippen LogP contribution in [0.25, 0.3) is 0 Å². The Morgan fingerprint density at radius 3 is 2.62 bits per heavy atom. The predicted octanol–water partition coefficient (Wildman–Crippen LogP) is 2.48. The highest BCUT2D eigenvalue weighted by atomic mass is 35.5. The second kappa shape index (κ2) is 6.91. The van der Waals surface area contributed by atoms with Gasteiger partial charge in [0.05, 0.1) is 21.1 Å². The number of primary sulfonamides is 1. The molecule has 0 aliphatic carbocycles. The summed E-state index contributed by atoms with van der Waals surface area (Å²) in [6.45, 7) is 0. The van der Waals surface area contributed by atoms with E-state index in [4.69, 9.17) is 16.7 Å². The smallest absolute Gasteiger partial charge is 0.272 e. The summed E-state index contributed by atoms with van der Waals surface area (Å²) in [5.74, 6) is -0.618. The van der Waals surface area contributed by atoms with E-state index < -0.39 is 31.3 Å². The Labute approximate surface area is 140 Å². The van der Waals surface area contributed by atoms with E-state index in [-0.39, 0.29) is 16.3 Å². The van der Waals surface area contributed by atoms with Crippen LogP contribution >= 0.6 is 11.6 Å². The van der Waals surface area contributed by atoms with Gasteiger partial charge in [-0.15, -0.1) is 0 Å². The number of anilines is 1. The molecular formula is C13H10ClFN4O4S. The van der Waals surface area contributed by atoms with Crippen molar-refractivity contribution in [3.05, 3.63) is 62.9 Å². The largest absolute Gasteiger partial charge is 0.295 e. The third-order valence-electron chi connectivity index (χ3n) is 2.87. The molecule has 2 aromatic rings. The number of halogens is 2. The first-order valence-electron chi connectivity index (χ1n) is 6.24. The molecular weight excluding hydrogens is 363 g/mol. The maximum absolute atomic E-state index is 13.6. The highest BCUT2D eigenvalue weighted by Gasteiger charge is 2.18. The maximum Gasteiger partial charge on any atom is 0.295 e. The Morgan fingerprint density at radius 2 is 2.04 bits per heavy atom. The molecule has 24 heavy (non-hydrogen) atoms. The number of nitrogens with two attached hydrogens (primary N) is 1. The lowest BCUT2D eigenvalue weighted by molar-refractivity contribution is -0.384. The molecule has 0 heterocycles. The molecule has 2 aromatic carbocycles. The Bertz CT molecular complexity index is 913. The molecule has 0 saturated carbocycles. The van der Waals surface area contributed by atoms with Gasteiger partial charge >= 0.3 is 0 Å². The van der Waals surface area contributed by atoms with Gasteiger partial charge in [-0.05, 0) is 24.3 Å². The zero-order chi connectivity index (χ0) is 17.9. The molecule has 3 N–H and O–H groups in total. The van der Waals surface area contributed by atoms with Crippen molar-refractivity contribution >= 4 is 39.2 Å².